The van der Waals surface area contributed by atoms with Crippen molar-refractivity contribution >= 4 is 30.8 Å². The lowest BCUT2D eigenvalue weighted by molar-refractivity contribution is -0.114. The monoisotopic (exact) mass is 489 g/mol. The molecule has 1 amide bonds. The minimum atomic E-state index is -1.23. The van der Waals surface area contributed by atoms with Gasteiger partial charge in [0, 0.05) is 45.6 Å². The van der Waals surface area contributed by atoms with Crippen molar-refractivity contribution in [1.82, 2.24) is 19.5 Å². The van der Waals surface area contributed by atoms with Crippen LogP contribution < -0.4 is 10.1 Å². The Morgan fingerprint density at radius 2 is 1.91 bits per heavy atom. The van der Waals surface area contributed by atoms with Gasteiger partial charge in [-0.1, -0.05) is 25.7 Å². The van der Waals surface area contributed by atoms with Crippen molar-refractivity contribution < 1.29 is 14.3 Å². The molecule has 182 valence electrons. The first-order valence-electron chi connectivity index (χ1n) is 11.6. The van der Waals surface area contributed by atoms with Gasteiger partial charge < -0.3 is 19.4 Å². The topological polar surface area (TPSA) is 91.2 Å². The number of amides is 1. The summed E-state index contributed by atoms with van der Waals surface area (Å²) >= 11 is 0. The maximum atomic E-state index is 11.7. The summed E-state index contributed by atoms with van der Waals surface area (Å²) in [5, 5.41) is 2.78. The van der Waals surface area contributed by atoms with Crippen LogP contribution in [0.5, 0.6) is 5.88 Å². The summed E-state index contributed by atoms with van der Waals surface area (Å²) in [6, 6.07) is 14.5. The van der Waals surface area contributed by atoms with E-state index in [0.717, 1.165) is 39.6 Å². The Balaban J connectivity index is 1.93. The Kier molecular flexibility index (Phi) is 7.27. The van der Waals surface area contributed by atoms with E-state index >= 15 is 0 Å². The zero-order valence-electron chi connectivity index (χ0n) is 20.8. The highest BCUT2D eigenvalue weighted by Crippen LogP contribution is 2.40. The van der Waals surface area contributed by atoms with Crippen LogP contribution in [0.1, 0.15) is 6.92 Å². The molecule has 0 spiro atoms. The van der Waals surface area contributed by atoms with E-state index in [4.69, 9.17) is 14.5 Å². The zero-order valence-corrected chi connectivity index (χ0v) is 21.8. The van der Waals surface area contributed by atoms with E-state index in [-0.39, 0.29) is 5.91 Å². The van der Waals surface area contributed by atoms with Crippen molar-refractivity contribution in [3.05, 3.63) is 54.9 Å². The molecular weight excluding hydrogens is 458 g/mol. The Hall–Kier alpha value is -3.56. The fraction of sp³-hybridized carbons (Fsp3) is 0.308. The van der Waals surface area contributed by atoms with Crippen molar-refractivity contribution in [3.8, 4) is 28.4 Å². The summed E-state index contributed by atoms with van der Waals surface area (Å²) in [6.45, 7) is 9.52. The van der Waals surface area contributed by atoms with Gasteiger partial charge in [-0.3, -0.25) is 9.78 Å². The predicted octanol–water partition coefficient (Wildman–Crippen LogP) is 5.44. The normalized spacial score (nSPS) is 11.6. The van der Waals surface area contributed by atoms with Gasteiger partial charge in [0.2, 0.25) is 11.8 Å². The van der Waals surface area contributed by atoms with Gasteiger partial charge in [-0.15, -0.1) is 0 Å². The fourth-order valence-electron chi connectivity index (χ4n) is 3.87. The maximum absolute atomic E-state index is 11.7. The smallest absolute Gasteiger partial charge is 0.222 e. The third kappa shape index (κ3) is 5.75. The number of rotatable bonds is 9. The molecule has 9 heteroatoms. The molecule has 0 atom stereocenters. The number of hydrogen-bond donors (Lipinski definition) is 1. The van der Waals surface area contributed by atoms with Gasteiger partial charge in [0.25, 0.3) is 0 Å². The predicted molar refractivity (Wildman–Crippen MR) is 141 cm³/mol. The number of hydrogen-bond acceptors (Lipinski definition) is 6. The first-order valence-corrected chi connectivity index (χ1v) is 15.3. The number of ether oxygens (including phenoxy) is 2. The van der Waals surface area contributed by atoms with Crippen LogP contribution in [0.4, 0.5) is 5.82 Å². The van der Waals surface area contributed by atoms with E-state index in [1.807, 2.05) is 42.5 Å². The van der Waals surface area contributed by atoms with Crippen LogP contribution in [0.2, 0.25) is 25.7 Å². The molecule has 0 aromatic carbocycles. The number of anilines is 1. The second-order valence-electron chi connectivity index (χ2n) is 9.55. The first-order chi connectivity index (χ1) is 16.8. The Morgan fingerprint density at radius 1 is 1.09 bits per heavy atom. The number of carbonyl (C=O) groups excluding carboxylic acids is 1. The fourth-order valence-corrected chi connectivity index (χ4v) is 4.62. The van der Waals surface area contributed by atoms with Crippen LogP contribution in [-0.4, -0.2) is 47.2 Å². The summed E-state index contributed by atoms with van der Waals surface area (Å²) < 4.78 is 13.8. The third-order valence-corrected chi connectivity index (χ3v) is 7.27. The minimum absolute atomic E-state index is 0.179. The summed E-state index contributed by atoms with van der Waals surface area (Å²) in [4.78, 5) is 25.4. The number of nitrogens with one attached hydrogen (secondary N) is 1. The number of aromatic nitrogens is 4. The van der Waals surface area contributed by atoms with Gasteiger partial charge in [-0.2, -0.15) is 0 Å². The Morgan fingerprint density at radius 3 is 2.60 bits per heavy atom. The highest BCUT2D eigenvalue weighted by atomic mass is 28.3. The molecule has 4 aromatic rings. The second-order valence-corrected chi connectivity index (χ2v) is 15.2. The molecule has 0 aliphatic carbocycles. The third-order valence-electron chi connectivity index (χ3n) is 5.57. The van der Waals surface area contributed by atoms with Gasteiger partial charge in [-0.05, 0) is 36.4 Å². The molecule has 1 N–H and O–H groups in total. The van der Waals surface area contributed by atoms with Crippen molar-refractivity contribution in [2.24, 2.45) is 0 Å². The number of carbonyl (C=O) groups is 1. The van der Waals surface area contributed by atoms with Crippen molar-refractivity contribution in [2.75, 3.05) is 19.0 Å². The quantitative estimate of drug-likeness (QED) is 0.249. The van der Waals surface area contributed by atoms with Gasteiger partial charge in [0.1, 0.15) is 18.1 Å². The molecule has 0 radical (unpaired) electrons. The van der Waals surface area contributed by atoms with Crippen LogP contribution in [0, 0.1) is 0 Å². The van der Waals surface area contributed by atoms with Crippen LogP contribution in [0.25, 0.3) is 33.5 Å². The van der Waals surface area contributed by atoms with Crippen molar-refractivity contribution in [2.45, 2.75) is 39.3 Å². The Labute approximate surface area is 206 Å². The second kappa shape index (κ2) is 10.4. The van der Waals surface area contributed by atoms with Crippen molar-refractivity contribution in [1.29, 1.82) is 0 Å². The summed E-state index contributed by atoms with van der Waals surface area (Å²) in [5.74, 6) is 0.817. The highest BCUT2D eigenvalue weighted by molar-refractivity contribution is 6.76. The molecule has 0 aliphatic heterocycles. The molecule has 0 saturated carbocycles. The average Bonchev–Trinajstić information content (AvgIpc) is 3.15. The molecule has 0 saturated heterocycles. The molecule has 8 nitrogen and oxygen atoms in total. The van der Waals surface area contributed by atoms with E-state index in [1.165, 1.54) is 6.92 Å². The van der Waals surface area contributed by atoms with E-state index in [0.29, 0.717) is 25.0 Å². The number of pyridine rings is 3. The number of methoxy groups -OCH3 is 1. The van der Waals surface area contributed by atoms with Gasteiger partial charge in [0.15, 0.2) is 0 Å². The van der Waals surface area contributed by atoms with Crippen LogP contribution in [0.3, 0.4) is 0 Å². The standard InChI is InChI=1S/C26H31N5O3Si/c1-18(32)29-22-16-19(11-13-28-22)26-24(20-8-6-7-12-27-20)25-21(9-10-23(30-25)33-2)31(26)17-34-14-15-35(3,4)5/h6-13,16H,14-15,17H2,1-5H3,(H,28,29,32). The van der Waals surface area contributed by atoms with Gasteiger partial charge >= 0.3 is 0 Å². The van der Waals surface area contributed by atoms with Gasteiger partial charge in [-0.25, -0.2) is 9.97 Å². The molecule has 4 heterocycles. The minimum Gasteiger partial charge on any atom is -0.481 e. The first kappa shape index (κ1) is 24.6. The molecule has 4 aromatic heterocycles. The van der Waals surface area contributed by atoms with Crippen LogP contribution in [0.15, 0.2) is 54.9 Å². The molecule has 0 unspecified atom stereocenters. The molecular formula is C26H31N5O3Si. The lowest BCUT2D eigenvalue weighted by atomic mass is 10.0. The van der Waals surface area contributed by atoms with Crippen LogP contribution in [-0.2, 0) is 16.3 Å². The summed E-state index contributed by atoms with van der Waals surface area (Å²) in [7, 11) is 0.375. The van der Waals surface area contributed by atoms with E-state index in [1.54, 1.807) is 19.5 Å². The van der Waals surface area contributed by atoms with Gasteiger partial charge in [0.05, 0.1) is 29.6 Å². The molecule has 0 bridgehead atoms. The summed E-state index contributed by atoms with van der Waals surface area (Å²) in [5.41, 5.74) is 5.09. The number of nitrogens with zero attached hydrogens (tertiary/aromatic N) is 4. The molecule has 4 rings (SSSR count). The highest BCUT2D eigenvalue weighted by Gasteiger charge is 2.23. The lowest BCUT2D eigenvalue weighted by Crippen LogP contribution is -2.22. The molecule has 0 aliphatic rings. The molecule has 35 heavy (non-hydrogen) atoms. The zero-order chi connectivity index (χ0) is 25.0. The number of fused-ring (bicyclic) bond motifs is 1. The average molecular weight is 490 g/mol. The van der Waals surface area contributed by atoms with Crippen LogP contribution >= 0.6 is 0 Å². The summed E-state index contributed by atoms with van der Waals surface area (Å²) in [6.07, 6.45) is 3.45. The van der Waals surface area contributed by atoms with E-state index in [2.05, 4.69) is 39.5 Å². The Bertz CT molecular complexity index is 1330. The van der Waals surface area contributed by atoms with E-state index < -0.39 is 8.07 Å². The lowest BCUT2D eigenvalue weighted by Gasteiger charge is -2.17. The molecule has 0 fully saturated rings. The van der Waals surface area contributed by atoms with E-state index in [9.17, 15) is 4.79 Å². The SMILES string of the molecule is COc1ccc2c(n1)c(-c1ccccn1)c(-c1ccnc(NC(C)=O)c1)n2COCC[Si](C)(C)C. The largest absolute Gasteiger partial charge is 0.481 e. The maximum Gasteiger partial charge on any atom is 0.222 e. The van der Waals surface area contributed by atoms with Crippen molar-refractivity contribution in [3.63, 3.8) is 0 Å².